The molecule has 0 amide bonds. The molecular formula is C28H29N5O3. The fraction of sp³-hybridized carbons (Fsp3) is 0.250. The molecule has 1 aliphatic rings. The molecule has 2 heterocycles. The van der Waals surface area contributed by atoms with E-state index in [-0.39, 0.29) is 11.7 Å². The minimum Gasteiger partial charge on any atom is -0.480 e. The summed E-state index contributed by atoms with van der Waals surface area (Å²) in [5.41, 5.74) is 3.44. The summed E-state index contributed by atoms with van der Waals surface area (Å²) in [5, 5.41) is 14.2. The molecule has 0 aliphatic carbocycles. The Morgan fingerprint density at radius 2 is 1.36 bits per heavy atom. The van der Waals surface area contributed by atoms with Crippen LogP contribution in [0, 0.1) is 0 Å². The topological polar surface area (TPSA) is 83.6 Å². The maximum atomic E-state index is 13.0. The van der Waals surface area contributed by atoms with Crippen LogP contribution in [0.25, 0.3) is 5.69 Å². The largest absolute Gasteiger partial charge is 0.480 e. The van der Waals surface area contributed by atoms with Gasteiger partial charge in [0.05, 0.1) is 11.7 Å². The molecular weight excluding hydrogens is 454 g/mol. The molecule has 5 rings (SSSR count). The number of benzene rings is 3. The summed E-state index contributed by atoms with van der Waals surface area (Å²) in [6.45, 7) is 4.71. The van der Waals surface area contributed by atoms with Crippen molar-refractivity contribution in [3.8, 4) is 5.69 Å². The Morgan fingerprint density at radius 1 is 0.806 bits per heavy atom. The molecule has 184 valence electrons. The summed E-state index contributed by atoms with van der Waals surface area (Å²) < 4.78 is 3.05. The van der Waals surface area contributed by atoms with E-state index in [4.69, 9.17) is 0 Å². The molecule has 0 spiro atoms. The van der Waals surface area contributed by atoms with Gasteiger partial charge in [-0.2, -0.15) is 5.10 Å². The van der Waals surface area contributed by atoms with Gasteiger partial charge in [0.15, 0.2) is 0 Å². The number of hydrogen-bond donors (Lipinski definition) is 1. The van der Waals surface area contributed by atoms with E-state index in [1.54, 1.807) is 10.9 Å². The Morgan fingerprint density at radius 3 is 1.94 bits per heavy atom. The molecule has 1 saturated heterocycles. The van der Waals surface area contributed by atoms with Gasteiger partial charge in [0.2, 0.25) is 0 Å². The quantitative estimate of drug-likeness (QED) is 0.433. The van der Waals surface area contributed by atoms with Crippen LogP contribution in [-0.4, -0.2) is 56.5 Å². The first-order chi connectivity index (χ1) is 17.5. The number of aliphatic carboxylic acids is 1. The van der Waals surface area contributed by atoms with Gasteiger partial charge in [0.1, 0.15) is 12.4 Å². The molecule has 0 bridgehead atoms. The summed E-state index contributed by atoms with van der Waals surface area (Å²) in [6, 6.07) is 26.3. The lowest BCUT2D eigenvalue weighted by molar-refractivity contribution is -0.143. The first kappa shape index (κ1) is 23.6. The van der Waals surface area contributed by atoms with Crippen molar-refractivity contribution in [2.45, 2.75) is 19.0 Å². The summed E-state index contributed by atoms with van der Waals surface area (Å²) in [4.78, 5) is 29.3. The maximum Gasteiger partial charge on any atom is 0.350 e. The average molecular weight is 484 g/mol. The Kier molecular flexibility index (Phi) is 6.69. The lowest BCUT2D eigenvalue weighted by Crippen LogP contribution is -2.49. The minimum absolute atomic E-state index is 0.166. The zero-order valence-corrected chi connectivity index (χ0v) is 20.1. The second-order valence-corrected chi connectivity index (χ2v) is 9.01. The molecule has 1 aromatic heterocycles. The van der Waals surface area contributed by atoms with Crippen LogP contribution in [0.3, 0.4) is 0 Å². The van der Waals surface area contributed by atoms with E-state index >= 15 is 0 Å². The van der Waals surface area contributed by atoms with Crippen molar-refractivity contribution in [2.24, 2.45) is 0 Å². The van der Waals surface area contributed by atoms with Crippen molar-refractivity contribution in [1.29, 1.82) is 0 Å². The zero-order valence-electron chi connectivity index (χ0n) is 20.1. The highest BCUT2D eigenvalue weighted by Gasteiger charge is 2.30. The third-order valence-corrected chi connectivity index (χ3v) is 6.86. The lowest BCUT2D eigenvalue weighted by atomic mass is 10.0. The molecule has 36 heavy (non-hydrogen) atoms. The van der Waals surface area contributed by atoms with Gasteiger partial charge in [0.25, 0.3) is 0 Å². The first-order valence-electron chi connectivity index (χ1n) is 12.1. The van der Waals surface area contributed by atoms with Gasteiger partial charge in [0, 0.05) is 31.9 Å². The number of anilines is 1. The SMILES string of the molecule is CC(c1ccccc1)n1ncn(-c2ccc(N3CCN([C@@H](C(=O)O)c4ccccc4)CC3)cc2)c1=O. The average Bonchev–Trinajstić information content (AvgIpc) is 3.31. The summed E-state index contributed by atoms with van der Waals surface area (Å²) in [5.74, 6) is -0.827. The number of rotatable bonds is 7. The van der Waals surface area contributed by atoms with E-state index in [9.17, 15) is 14.7 Å². The van der Waals surface area contributed by atoms with Gasteiger partial charge in [-0.3, -0.25) is 9.69 Å². The molecule has 3 aromatic carbocycles. The Labute approximate surface area is 209 Å². The summed E-state index contributed by atoms with van der Waals surface area (Å²) in [7, 11) is 0. The third kappa shape index (κ3) is 4.67. The number of hydrogen-bond acceptors (Lipinski definition) is 5. The van der Waals surface area contributed by atoms with Crippen LogP contribution in [0.5, 0.6) is 0 Å². The predicted octanol–water partition coefficient (Wildman–Crippen LogP) is 3.59. The summed E-state index contributed by atoms with van der Waals surface area (Å²) in [6.07, 6.45) is 1.56. The molecule has 1 fully saturated rings. The van der Waals surface area contributed by atoms with Crippen molar-refractivity contribution in [2.75, 3.05) is 31.1 Å². The van der Waals surface area contributed by atoms with Gasteiger partial charge >= 0.3 is 11.7 Å². The standard InChI is InChI=1S/C28H29N5O3/c1-21(22-8-4-2-5-9-22)33-28(36)32(20-29-33)25-14-12-24(13-15-25)30-16-18-31(19-17-30)26(27(34)35)23-10-6-3-7-11-23/h2-15,20-21,26H,16-19H2,1H3,(H,34,35)/t21?,26-/m1/s1. The van der Waals surface area contributed by atoms with Crippen molar-refractivity contribution in [3.05, 3.63) is 113 Å². The van der Waals surface area contributed by atoms with E-state index in [1.807, 2.05) is 96.8 Å². The van der Waals surface area contributed by atoms with Gasteiger partial charge in [-0.05, 0) is 42.3 Å². The fourth-order valence-electron chi connectivity index (χ4n) is 4.84. The number of carbonyl (C=O) groups is 1. The first-order valence-corrected chi connectivity index (χ1v) is 12.1. The Bertz CT molecular complexity index is 1360. The van der Waals surface area contributed by atoms with E-state index in [0.29, 0.717) is 13.1 Å². The van der Waals surface area contributed by atoms with E-state index in [1.165, 1.54) is 4.68 Å². The second-order valence-electron chi connectivity index (χ2n) is 9.01. The van der Waals surface area contributed by atoms with E-state index < -0.39 is 12.0 Å². The highest BCUT2D eigenvalue weighted by atomic mass is 16.4. The highest BCUT2D eigenvalue weighted by molar-refractivity contribution is 5.75. The second kappa shape index (κ2) is 10.2. The molecule has 1 unspecified atom stereocenters. The Hall–Kier alpha value is -4.17. The van der Waals surface area contributed by atoms with Crippen LogP contribution < -0.4 is 10.6 Å². The van der Waals surface area contributed by atoms with Crippen LogP contribution in [0.2, 0.25) is 0 Å². The zero-order chi connectivity index (χ0) is 25.1. The number of piperazine rings is 1. The van der Waals surface area contributed by atoms with Crippen LogP contribution in [-0.2, 0) is 4.79 Å². The van der Waals surface area contributed by atoms with Crippen molar-refractivity contribution in [1.82, 2.24) is 19.2 Å². The highest BCUT2D eigenvalue weighted by Crippen LogP contribution is 2.25. The van der Waals surface area contributed by atoms with E-state index in [2.05, 4.69) is 10.00 Å². The van der Waals surface area contributed by atoms with Gasteiger partial charge in [-0.1, -0.05) is 60.7 Å². The summed E-state index contributed by atoms with van der Waals surface area (Å²) >= 11 is 0. The van der Waals surface area contributed by atoms with Gasteiger partial charge in [-0.25, -0.2) is 14.0 Å². The van der Waals surface area contributed by atoms with Crippen LogP contribution in [0.4, 0.5) is 5.69 Å². The van der Waals surface area contributed by atoms with Crippen LogP contribution in [0.15, 0.2) is 96.1 Å². The van der Waals surface area contributed by atoms with Crippen molar-refractivity contribution >= 4 is 11.7 Å². The van der Waals surface area contributed by atoms with Crippen LogP contribution in [0.1, 0.15) is 30.1 Å². The minimum atomic E-state index is -0.827. The number of nitrogens with zero attached hydrogens (tertiary/aromatic N) is 5. The number of carboxylic acids is 1. The van der Waals surface area contributed by atoms with Gasteiger partial charge in [-0.15, -0.1) is 0 Å². The van der Waals surface area contributed by atoms with Crippen molar-refractivity contribution in [3.63, 3.8) is 0 Å². The molecule has 1 aliphatic heterocycles. The molecule has 4 aromatic rings. The van der Waals surface area contributed by atoms with E-state index in [0.717, 1.165) is 35.6 Å². The third-order valence-electron chi connectivity index (χ3n) is 6.86. The van der Waals surface area contributed by atoms with Crippen molar-refractivity contribution < 1.29 is 9.90 Å². The molecule has 8 heteroatoms. The molecule has 8 nitrogen and oxygen atoms in total. The maximum absolute atomic E-state index is 13.0. The molecule has 1 N–H and O–H groups in total. The number of carboxylic acid groups (broad SMARTS) is 1. The molecule has 0 saturated carbocycles. The normalized spacial score (nSPS) is 16.0. The Balaban J connectivity index is 1.27. The predicted molar refractivity (Wildman–Crippen MR) is 139 cm³/mol. The van der Waals surface area contributed by atoms with Crippen LogP contribution >= 0.6 is 0 Å². The number of aromatic nitrogens is 3. The lowest BCUT2D eigenvalue weighted by Gasteiger charge is -2.39. The monoisotopic (exact) mass is 483 g/mol. The smallest absolute Gasteiger partial charge is 0.350 e. The van der Waals surface area contributed by atoms with Gasteiger partial charge < -0.3 is 10.0 Å². The molecule has 2 atom stereocenters. The fourth-order valence-corrected chi connectivity index (χ4v) is 4.84. The molecule has 0 radical (unpaired) electrons.